The van der Waals surface area contributed by atoms with Crippen molar-refractivity contribution < 1.29 is 0 Å². The van der Waals surface area contributed by atoms with Crippen molar-refractivity contribution >= 4 is 11.8 Å². The van der Waals surface area contributed by atoms with Crippen LogP contribution in [0.3, 0.4) is 0 Å². The largest absolute Gasteiger partial charge is 0.126 e. The van der Waals surface area contributed by atoms with E-state index in [1.807, 2.05) is 25.6 Å². The van der Waals surface area contributed by atoms with Crippen molar-refractivity contribution in [3.8, 4) is 11.8 Å². The zero-order chi connectivity index (χ0) is 11.4. The summed E-state index contributed by atoms with van der Waals surface area (Å²) in [7, 11) is 0. The molecule has 84 valence electrons. The molecular formula is C15H18S. The van der Waals surface area contributed by atoms with Gasteiger partial charge in [-0.05, 0) is 62.0 Å². The first-order valence-corrected chi connectivity index (χ1v) is 6.93. The summed E-state index contributed by atoms with van der Waals surface area (Å²) in [6, 6.07) is 7.05. The van der Waals surface area contributed by atoms with Crippen molar-refractivity contribution in [3.05, 3.63) is 29.3 Å². The molecule has 0 spiro atoms. The van der Waals surface area contributed by atoms with E-state index in [4.69, 9.17) is 0 Å². The second kappa shape index (κ2) is 5.46. The lowest BCUT2D eigenvalue weighted by Crippen LogP contribution is -2.13. The SMILES string of the molecule is CC#CC.c1cc2c3cc1CCC3CCS2. The van der Waals surface area contributed by atoms with Crippen molar-refractivity contribution in [1.82, 2.24) is 0 Å². The van der Waals surface area contributed by atoms with Gasteiger partial charge in [-0.1, -0.05) is 12.1 Å². The highest BCUT2D eigenvalue weighted by atomic mass is 32.2. The Morgan fingerprint density at radius 2 is 2.00 bits per heavy atom. The van der Waals surface area contributed by atoms with Crippen LogP contribution in [0.4, 0.5) is 0 Å². The first-order valence-electron chi connectivity index (χ1n) is 5.94. The Bertz CT molecular complexity index is 417. The van der Waals surface area contributed by atoms with Crippen LogP contribution in [0.15, 0.2) is 23.1 Å². The number of benzene rings is 1. The molecule has 1 aromatic carbocycles. The molecule has 1 heterocycles. The Kier molecular flexibility index (Phi) is 3.96. The summed E-state index contributed by atoms with van der Waals surface area (Å²) < 4.78 is 0. The molecule has 2 aliphatic rings. The molecule has 0 fully saturated rings. The van der Waals surface area contributed by atoms with Gasteiger partial charge in [-0.2, -0.15) is 0 Å². The molecular weight excluding hydrogens is 212 g/mol. The minimum Gasteiger partial charge on any atom is -0.126 e. The maximum Gasteiger partial charge on any atom is 0.0107 e. The lowest BCUT2D eigenvalue weighted by molar-refractivity contribution is 0.574. The molecule has 1 aliphatic heterocycles. The first kappa shape index (κ1) is 11.6. The fourth-order valence-corrected chi connectivity index (χ4v) is 3.49. The van der Waals surface area contributed by atoms with Gasteiger partial charge in [0.1, 0.15) is 0 Å². The lowest BCUT2D eigenvalue weighted by Gasteiger charge is -2.29. The fourth-order valence-electron chi connectivity index (χ4n) is 2.31. The Hall–Kier alpha value is -0.870. The summed E-state index contributed by atoms with van der Waals surface area (Å²) in [5.74, 6) is 7.59. The minimum atomic E-state index is 0.898. The van der Waals surface area contributed by atoms with Crippen LogP contribution in [0, 0.1) is 11.8 Å². The van der Waals surface area contributed by atoms with E-state index in [9.17, 15) is 0 Å². The summed E-state index contributed by atoms with van der Waals surface area (Å²) in [5, 5.41) is 0. The van der Waals surface area contributed by atoms with E-state index in [0.717, 1.165) is 5.92 Å². The van der Waals surface area contributed by atoms with Crippen molar-refractivity contribution in [2.75, 3.05) is 5.75 Å². The Morgan fingerprint density at radius 1 is 1.19 bits per heavy atom. The lowest BCUT2D eigenvalue weighted by atomic mass is 9.84. The van der Waals surface area contributed by atoms with E-state index in [1.165, 1.54) is 25.0 Å². The van der Waals surface area contributed by atoms with E-state index in [1.54, 1.807) is 16.0 Å². The monoisotopic (exact) mass is 230 g/mol. The Labute approximate surface area is 103 Å². The number of rotatable bonds is 0. The van der Waals surface area contributed by atoms with Crippen LogP contribution in [-0.4, -0.2) is 5.75 Å². The van der Waals surface area contributed by atoms with Crippen LogP contribution in [0.1, 0.15) is 43.7 Å². The third kappa shape index (κ3) is 2.44. The van der Waals surface area contributed by atoms with Crippen molar-refractivity contribution in [1.29, 1.82) is 0 Å². The topological polar surface area (TPSA) is 0 Å². The molecule has 0 radical (unpaired) electrons. The number of hydrogen-bond donors (Lipinski definition) is 0. The van der Waals surface area contributed by atoms with E-state index in [-0.39, 0.29) is 0 Å². The average molecular weight is 230 g/mol. The normalized spacial score (nSPS) is 20.0. The van der Waals surface area contributed by atoms with Crippen molar-refractivity contribution in [3.63, 3.8) is 0 Å². The van der Waals surface area contributed by atoms with Gasteiger partial charge in [-0.3, -0.25) is 0 Å². The fraction of sp³-hybridized carbons (Fsp3) is 0.467. The van der Waals surface area contributed by atoms with Crippen molar-refractivity contribution in [2.24, 2.45) is 0 Å². The molecule has 1 aliphatic carbocycles. The smallest absolute Gasteiger partial charge is 0.0107 e. The number of fused-ring (bicyclic) bond motifs is 1. The molecule has 1 heteroatoms. The molecule has 0 nitrogen and oxygen atoms in total. The molecule has 0 amide bonds. The predicted molar refractivity (Wildman–Crippen MR) is 72.0 cm³/mol. The predicted octanol–water partition coefficient (Wildman–Crippen LogP) is 4.24. The van der Waals surface area contributed by atoms with Crippen LogP contribution in [-0.2, 0) is 6.42 Å². The van der Waals surface area contributed by atoms with Gasteiger partial charge in [0, 0.05) is 4.90 Å². The van der Waals surface area contributed by atoms with E-state index < -0.39 is 0 Å². The second-order valence-corrected chi connectivity index (χ2v) is 5.38. The number of aryl methyl sites for hydroxylation is 1. The number of thioether (sulfide) groups is 1. The van der Waals surface area contributed by atoms with Gasteiger partial charge in [-0.25, -0.2) is 0 Å². The summed E-state index contributed by atoms with van der Waals surface area (Å²) in [6.45, 7) is 3.64. The van der Waals surface area contributed by atoms with Gasteiger partial charge in [0.15, 0.2) is 0 Å². The average Bonchev–Trinajstić information content (AvgIpc) is 2.38. The summed E-state index contributed by atoms with van der Waals surface area (Å²) in [5.41, 5.74) is 3.20. The standard InChI is InChI=1S/C11H12S.C4H6/c1-3-9-5-6-12-11-4-2-8(1)7-10(9)11;1-3-4-2/h2,4,7,9H,1,3,5-6H2;1-2H3. The van der Waals surface area contributed by atoms with E-state index in [2.05, 4.69) is 30.0 Å². The van der Waals surface area contributed by atoms with E-state index in [0.29, 0.717) is 0 Å². The molecule has 0 saturated carbocycles. The van der Waals surface area contributed by atoms with E-state index >= 15 is 0 Å². The van der Waals surface area contributed by atoms with Gasteiger partial charge >= 0.3 is 0 Å². The molecule has 0 N–H and O–H groups in total. The van der Waals surface area contributed by atoms with Crippen LogP contribution in [0.5, 0.6) is 0 Å². The number of hydrogen-bond acceptors (Lipinski definition) is 1. The second-order valence-electron chi connectivity index (χ2n) is 4.24. The van der Waals surface area contributed by atoms with Gasteiger partial charge in [0.05, 0.1) is 0 Å². The maximum absolute atomic E-state index is 2.68. The molecule has 0 saturated heterocycles. The van der Waals surface area contributed by atoms with Gasteiger partial charge in [0.2, 0.25) is 0 Å². The van der Waals surface area contributed by atoms with Crippen LogP contribution >= 0.6 is 11.8 Å². The first-order chi connectivity index (χ1) is 7.85. The van der Waals surface area contributed by atoms with Crippen molar-refractivity contribution in [2.45, 2.75) is 43.9 Å². The molecule has 16 heavy (non-hydrogen) atoms. The molecule has 3 rings (SSSR count). The summed E-state index contributed by atoms with van der Waals surface area (Å²) >= 11 is 2.04. The quantitative estimate of drug-likeness (QED) is 0.601. The molecule has 1 atom stereocenters. The van der Waals surface area contributed by atoms with Gasteiger partial charge in [0.25, 0.3) is 0 Å². The molecule has 0 aromatic heterocycles. The maximum atomic E-state index is 2.68. The zero-order valence-corrected chi connectivity index (χ0v) is 10.9. The summed E-state index contributed by atoms with van der Waals surface area (Å²) in [6.07, 6.45) is 4.11. The Balaban J connectivity index is 0.000000212. The molecule has 2 bridgehead atoms. The third-order valence-corrected chi connectivity index (χ3v) is 4.39. The van der Waals surface area contributed by atoms with Crippen LogP contribution in [0.25, 0.3) is 0 Å². The summed E-state index contributed by atoms with van der Waals surface area (Å²) in [4.78, 5) is 1.55. The zero-order valence-electron chi connectivity index (χ0n) is 10.0. The minimum absolute atomic E-state index is 0.898. The van der Waals surface area contributed by atoms with Crippen LogP contribution in [0.2, 0.25) is 0 Å². The molecule has 1 unspecified atom stereocenters. The van der Waals surface area contributed by atoms with Gasteiger partial charge < -0.3 is 0 Å². The third-order valence-electron chi connectivity index (χ3n) is 3.27. The highest BCUT2D eigenvalue weighted by Crippen LogP contribution is 2.42. The molecule has 1 aromatic rings. The van der Waals surface area contributed by atoms with Crippen LogP contribution < -0.4 is 0 Å². The van der Waals surface area contributed by atoms with Gasteiger partial charge in [-0.15, -0.1) is 23.6 Å². The Morgan fingerprint density at radius 3 is 2.75 bits per heavy atom. The highest BCUT2D eigenvalue weighted by molar-refractivity contribution is 7.99. The highest BCUT2D eigenvalue weighted by Gasteiger charge is 2.23.